The van der Waals surface area contributed by atoms with Crippen LogP contribution in [0, 0.1) is 18.7 Å². The van der Waals surface area contributed by atoms with Gasteiger partial charge >= 0.3 is 0 Å². The summed E-state index contributed by atoms with van der Waals surface area (Å²) < 4.78 is 29.1. The molecule has 0 unspecified atom stereocenters. The molecule has 1 aromatic carbocycles. The molecule has 0 aliphatic carbocycles. The SMILES string of the molecule is Cc1cnc2nc1NCCCCCCCNC(=O)c1ccc(cc1F)-c1cnc(F)c(c1)N2. The number of hydrogen-bond donors (Lipinski definition) is 3. The highest BCUT2D eigenvalue weighted by molar-refractivity contribution is 5.95. The molecule has 7 nitrogen and oxygen atoms in total. The standard InChI is InChI=1S/C24H26F2N6O/c1-15-13-30-24-31-20-12-17(14-29-21(20)26)16-7-8-18(19(25)11-16)23(33)28-10-6-4-2-3-5-9-27-22(15)32-24/h7-8,11-14H,2-6,9-10H2,1H3,(H,28,33)(H2,27,30,31,32). The third-order valence-electron chi connectivity index (χ3n) is 5.54. The first-order chi connectivity index (χ1) is 16.0. The van der Waals surface area contributed by atoms with Gasteiger partial charge in [0.05, 0.1) is 11.3 Å². The van der Waals surface area contributed by atoms with Crippen LogP contribution in [0.5, 0.6) is 0 Å². The molecule has 0 fully saturated rings. The molecule has 0 saturated carbocycles. The summed E-state index contributed by atoms with van der Waals surface area (Å²) in [4.78, 5) is 24.8. The van der Waals surface area contributed by atoms with E-state index in [0.717, 1.165) is 44.2 Å². The highest BCUT2D eigenvalue weighted by Crippen LogP contribution is 2.27. The minimum absolute atomic E-state index is 0.0234. The van der Waals surface area contributed by atoms with Crippen molar-refractivity contribution in [2.75, 3.05) is 23.7 Å². The van der Waals surface area contributed by atoms with Gasteiger partial charge in [0.25, 0.3) is 5.91 Å². The maximum Gasteiger partial charge on any atom is 0.254 e. The molecule has 1 amide bonds. The monoisotopic (exact) mass is 452 g/mol. The molecule has 3 aromatic rings. The van der Waals surface area contributed by atoms with Gasteiger partial charge in [0, 0.05) is 36.6 Å². The smallest absolute Gasteiger partial charge is 0.254 e. The average molecular weight is 453 g/mol. The molecular weight excluding hydrogens is 426 g/mol. The Labute approximate surface area is 191 Å². The van der Waals surface area contributed by atoms with E-state index >= 15 is 0 Å². The lowest BCUT2D eigenvalue weighted by molar-refractivity contribution is 0.0949. The van der Waals surface area contributed by atoms with Crippen LogP contribution in [0.1, 0.15) is 48.0 Å². The summed E-state index contributed by atoms with van der Waals surface area (Å²) in [5.41, 5.74) is 1.89. The van der Waals surface area contributed by atoms with Gasteiger partial charge in [-0.3, -0.25) is 4.79 Å². The minimum atomic E-state index is -0.729. The Bertz CT molecular complexity index is 1150. The largest absolute Gasteiger partial charge is 0.370 e. The molecule has 5 rings (SSSR count). The lowest BCUT2D eigenvalue weighted by atomic mass is 10.0. The van der Waals surface area contributed by atoms with E-state index in [9.17, 15) is 13.6 Å². The summed E-state index contributed by atoms with van der Waals surface area (Å²) in [6, 6.07) is 5.81. The van der Waals surface area contributed by atoms with Crippen LogP contribution in [0.25, 0.3) is 11.1 Å². The lowest BCUT2D eigenvalue weighted by Crippen LogP contribution is -2.25. The summed E-state index contributed by atoms with van der Waals surface area (Å²) in [6.45, 7) is 3.16. The second kappa shape index (κ2) is 10.3. The summed E-state index contributed by atoms with van der Waals surface area (Å²) >= 11 is 0. The van der Waals surface area contributed by atoms with E-state index in [1.54, 1.807) is 12.3 Å². The normalized spacial score (nSPS) is 15.1. The second-order valence-electron chi connectivity index (χ2n) is 8.06. The predicted octanol–water partition coefficient (Wildman–Crippen LogP) is 4.97. The van der Waals surface area contributed by atoms with Crippen LogP contribution < -0.4 is 16.0 Å². The van der Waals surface area contributed by atoms with Gasteiger partial charge < -0.3 is 16.0 Å². The van der Waals surface area contributed by atoms with Crippen molar-refractivity contribution >= 4 is 23.4 Å². The van der Waals surface area contributed by atoms with E-state index in [0.29, 0.717) is 23.5 Å². The first-order valence-electron chi connectivity index (χ1n) is 11.1. The zero-order valence-electron chi connectivity index (χ0n) is 18.4. The molecule has 2 aliphatic heterocycles. The fourth-order valence-electron chi connectivity index (χ4n) is 3.66. The van der Waals surface area contributed by atoms with Gasteiger partial charge in [0.15, 0.2) is 0 Å². The predicted molar refractivity (Wildman–Crippen MR) is 124 cm³/mol. The number of fused-ring (bicyclic) bond motifs is 11. The van der Waals surface area contributed by atoms with E-state index in [2.05, 4.69) is 30.9 Å². The first kappa shape index (κ1) is 22.6. The number of halogens is 2. The average Bonchev–Trinajstić information content (AvgIpc) is 2.80. The zero-order chi connectivity index (χ0) is 23.2. The Morgan fingerprint density at radius 1 is 0.879 bits per heavy atom. The van der Waals surface area contributed by atoms with Gasteiger partial charge in [-0.2, -0.15) is 9.37 Å². The van der Waals surface area contributed by atoms with E-state index < -0.39 is 17.7 Å². The number of amides is 1. The number of pyridine rings is 1. The van der Waals surface area contributed by atoms with Gasteiger partial charge in [-0.1, -0.05) is 25.3 Å². The van der Waals surface area contributed by atoms with Crippen molar-refractivity contribution in [3.05, 3.63) is 59.6 Å². The molecular formula is C24H26F2N6O. The van der Waals surface area contributed by atoms with E-state index in [-0.39, 0.29) is 17.2 Å². The number of nitrogens with one attached hydrogen (secondary N) is 3. The molecule has 9 heteroatoms. The number of benzene rings is 1. The van der Waals surface area contributed by atoms with Crippen LogP contribution in [0.2, 0.25) is 0 Å². The van der Waals surface area contributed by atoms with Gasteiger partial charge in [-0.05, 0) is 43.5 Å². The Balaban J connectivity index is 1.66. The third-order valence-corrected chi connectivity index (χ3v) is 5.54. The van der Waals surface area contributed by atoms with Crippen molar-refractivity contribution in [1.82, 2.24) is 20.3 Å². The van der Waals surface area contributed by atoms with Crippen molar-refractivity contribution in [3.63, 3.8) is 0 Å². The van der Waals surface area contributed by atoms with Crippen LogP contribution in [-0.4, -0.2) is 33.9 Å². The maximum atomic E-state index is 14.7. The number of carbonyl (C=O) groups is 1. The van der Waals surface area contributed by atoms with Gasteiger partial charge in [0.1, 0.15) is 11.6 Å². The molecule has 4 heterocycles. The molecule has 6 bridgehead atoms. The lowest BCUT2D eigenvalue weighted by Gasteiger charge is -2.12. The molecule has 0 radical (unpaired) electrons. The molecule has 3 N–H and O–H groups in total. The summed E-state index contributed by atoms with van der Waals surface area (Å²) in [6.07, 6.45) is 7.85. The number of aromatic nitrogens is 3. The molecule has 0 spiro atoms. The van der Waals surface area contributed by atoms with Gasteiger partial charge in [-0.15, -0.1) is 0 Å². The Morgan fingerprint density at radius 2 is 1.64 bits per heavy atom. The van der Waals surface area contributed by atoms with Crippen LogP contribution in [0.15, 0.2) is 36.7 Å². The molecule has 2 aliphatic rings. The van der Waals surface area contributed by atoms with E-state index in [1.165, 1.54) is 24.4 Å². The van der Waals surface area contributed by atoms with Crippen molar-refractivity contribution in [2.45, 2.75) is 39.0 Å². The number of hydrogen-bond acceptors (Lipinski definition) is 6. The summed E-state index contributed by atoms with van der Waals surface area (Å²) in [5.74, 6) is -0.909. The van der Waals surface area contributed by atoms with Crippen molar-refractivity contribution in [3.8, 4) is 11.1 Å². The quantitative estimate of drug-likeness (QED) is 0.417. The number of rotatable bonds is 0. The van der Waals surface area contributed by atoms with Gasteiger partial charge in [-0.25, -0.2) is 14.4 Å². The highest BCUT2D eigenvalue weighted by atomic mass is 19.1. The van der Waals surface area contributed by atoms with Crippen LogP contribution in [0.3, 0.4) is 0 Å². The van der Waals surface area contributed by atoms with E-state index in [1.807, 2.05) is 6.92 Å². The molecule has 2 aromatic heterocycles. The van der Waals surface area contributed by atoms with Crippen LogP contribution in [0.4, 0.5) is 26.2 Å². The Hall–Kier alpha value is -3.62. The van der Waals surface area contributed by atoms with Crippen molar-refractivity contribution in [1.29, 1.82) is 0 Å². The molecule has 33 heavy (non-hydrogen) atoms. The maximum absolute atomic E-state index is 14.7. The van der Waals surface area contributed by atoms with Crippen molar-refractivity contribution < 1.29 is 13.6 Å². The number of carbonyl (C=O) groups excluding carboxylic acids is 1. The molecule has 172 valence electrons. The second-order valence-corrected chi connectivity index (χ2v) is 8.06. The zero-order valence-corrected chi connectivity index (χ0v) is 18.4. The van der Waals surface area contributed by atoms with Gasteiger partial charge in [0.2, 0.25) is 11.9 Å². The van der Waals surface area contributed by atoms with E-state index in [4.69, 9.17) is 0 Å². The van der Waals surface area contributed by atoms with Crippen molar-refractivity contribution in [2.24, 2.45) is 0 Å². The third kappa shape index (κ3) is 5.60. The van der Waals surface area contributed by atoms with Crippen LogP contribution in [-0.2, 0) is 0 Å². The number of aryl methyl sites for hydroxylation is 1. The number of nitrogens with zero attached hydrogens (tertiary/aromatic N) is 3. The Kier molecular flexibility index (Phi) is 7.07. The summed E-state index contributed by atoms with van der Waals surface area (Å²) in [5, 5.41) is 8.95. The molecule has 0 saturated heterocycles. The topological polar surface area (TPSA) is 91.8 Å². The minimum Gasteiger partial charge on any atom is -0.370 e. The fourth-order valence-corrected chi connectivity index (χ4v) is 3.66. The number of anilines is 3. The van der Waals surface area contributed by atoms with Crippen LogP contribution >= 0.6 is 0 Å². The first-order valence-corrected chi connectivity index (χ1v) is 11.1. The summed E-state index contributed by atoms with van der Waals surface area (Å²) in [7, 11) is 0. The highest BCUT2D eigenvalue weighted by Gasteiger charge is 2.15. The Morgan fingerprint density at radius 3 is 2.42 bits per heavy atom. The fraction of sp³-hybridized carbons (Fsp3) is 0.333. The molecule has 0 atom stereocenters.